The zero-order chi connectivity index (χ0) is 12.6. The van der Waals surface area contributed by atoms with Gasteiger partial charge in [0.2, 0.25) is 0 Å². The third kappa shape index (κ3) is 1.99. The number of hydrogen-bond acceptors (Lipinski definition) is 3. The van der Waals surface area contributed by atoms with E-state index in [1.165, 1.54) is 6.92 Å². The third-order valence-electron chi connectivity index (χ3n) is 2.50. The van der Waals surface area contributed by atoms with Crippen LogP contribution in [-0.4, -0.2) is 21.6 Å². The van der Waals surface area contributed by atoms with Crippen molar-refractivity contribution in [2.45, 2.75) is 6.92 Å². The maximum atomic E-state index is 10.9. The number of aryl methyl sites for hydroxylation is 1. The van der Waals surface area contributed by atoms with E-state index in [0.29, 0.717) is 11.3 Å². The van der Waals surface area contributed by atoms with Gasteiger partial charge in [0.15, 0.2) is 0 Å². The molecule has 0 atom stereocenters. The van der Waals surface area contributed by atoms with Crippen molar-refractivity contribution in [1.29, 1.82) is 0 Å². The molecule has 1 aromatic carbocycles. The molecule has 0 amide bonds. The molecule has 5 heteroatoms. The Morgan fingerprint density at radius 2 is 2.00 bits per heavy atom. The lowest BCUT2D eigenvalue weighted by Gasteiger charge is -2.03. The summed E-state index contributed by atoms with van der Waals surface area (Å²) < 4.78 is 6.49. The van der Waals surface area contributed by atoms with Crippen molar-refractivity contribution in [1.82, 2.24) is 4.57 Å². The summed E-state index contributed by atoms with van der Waals surface area (Å²) in [5.41, 5.74) is 0.904. The van der Waals surface area contributed by atoms with Crippen LogP contribution in [0.25, 0.3) is 10.9 Å². The Morgan fingerprint density at radius 1 is 1.29 bits per heavy atom. The summed E-state index contributed by atoms with van der Waals surface area (Å²) >= 11 is 0. The molecule has 1 aromatic heterocycles. The van der Waals surface area contributed by atoms with Crippen molar-refractivity contribution in [2.75, 3.05) is 0 Å². The van der Waals surface area contributed by atoms with Crippen LogP contribution < -0.4 is 4.74 Å². The van der Waals surface area contributed by atoms with E-state index < -0.39 is 11.9 Å². The summed E-state index contributed by atoms with van der Waals surface area (Å²) in [5.74, 6) is -0.988. The van der Waals surface area contributed by atoms with Crippen LogP contribution in [0.5, 0.6) is 5.75 Å². The maximum Gasteiger partial charge on any atom is 0.352 e. The molecule has 0 radical (unpaired) electrons. The Kier molecular flexibility index (Phi) is 2.59. The first kappa shape index (κ1) is 11.2. The molecule has 0 aliphatic rings. The van der Waals surface area contributed by atoms with Crippen molar-refractivity contribution < 1.29 is 19.4 Å². The first-order valence-electron chi connectivity index (χ1n) is 5.00. The number of carbonyl (C=O) groups excluding carboxylic acids is 1. The van der Waals surface area contributed by atoms with E-state index in [2.05, 4.69) is 0 Å². The first-order chi connectivity index (χ1) is 7.99. The minimum atomic E-state index is -0.988. The quantitative estimate of drug-likeness (QED) is 0.634. The largest absolute Gasteiger partial charge is 0.477 e. The molecule has 0 saturated carbocycles. The Labute approximate surface area is 97.2 Å². The van der Waals surface area contributed by atoms with Gasteiger partial charge >= 0.3 is 11.9 Å². The summed E-state index contributed by atoms with van der Waals surface area (Å²) in [6.45, 7) is 1.32. The number of carbonyl (C=O) groups is 2. The molecule has 5 nitrogen and oxygen atoms in total. The highest BCUT2D eigenvalue weighted by atomic mass is 16.5. The number of carboxylic acids is 1. The highest BCUT2D eigenvalue weighted by Gasteiger charge is 2.12. The van der Waals surface area contributed by atoms with Gasteiger partial charge in [0.25, 0.3) is 0 Å². The van der Waals surface area contributed by atoms with Crippen LogP contribution in [0.4, 0.5) is 0 Å². The molecule has 0 bridgehead atoms. The normalized spacial score (nSPS) is 10.5. The lowest BCUT2D eigenvalue weighted by molar-refractivity contribution is -0.131. The van der Waals surface area contributed by atoms with E-state index in [1.807, 2.05) is 0 Å². The second-order valence-electron chi connectivity index (χ2n) is 3.71. The third-order valence-corrected chi connectivity index (χ3v) is 2.50. The van der Waals surface area contributed by atoms with E-state index >= 15 is 0 Å². The van der Waals surface area contributed by atoms with E-state index in [1.54, 1.807) is 35.9 Å². The second kappa shape index (κ2) is 3.93. The molecule has 0 fully saturated rings. The zero-order valence-electron chi connectivity index (χ0n) is 9.43. The van der Waals surface area contributed by atoms with Crippen LogP contribution in [-0.2, 0) is 11.8 Å². The van der Waals surface area contributed by atoms with Crippen molar-refractivity contribution in [3.05, 3.63) is 30.0 Å². The zero-order valence-corrected chi connectivity index (χ0v) is 9.43. The Hall–Kier alpha value is -2.30. The van der Waals surface area contributed by atoms with Gasteiger partial charge in [-0.05, 0) is 18.2 Å². The molecule has 1 N–H and O–H groups in total. The molecular weight excluding hydrogens is 222 g/mol. The number of hydrogen-bond donors (Lipinski definition) is 1. The van der Waals surface area contributed by atoms with Crippen molar-refractivity contribution in [3.8, 4) is 5.75 Å². The smallest absolute Gasteiger partial charge is 0.352 e. The van der Waals surface area contributed by atoms with E-state index in [0.717, 1.165) is 5.39 Å². The molecule has 0 unspecified atom stereocenters. The average Bonchev–Trinajstić information content (AvgIpc) is 2.56. The highest BCUT2D eigenvalue weighted by molar-refractivity contribution is 5.95. The molecule has 0 spiro atoms. The lowest BCUT2D eigenvalue weighted by Crippen LogP contribution is -2.04. The van der Waals surface area contributed by atoms with Gasteiger partial charge in [0.05, 0.1) is 5.52 Å². The highest BCUT2D eigenvalue weighted by Crippen LogP contribution is 2.24. The molecule has 1 heterocycles. The van der Waals surface area contributed by atoms with Crippen molar-refractivity contribution >= 4 is 22.8 Å². The number of fused-ring (bicyclic) bond motifs is 1. The minimum absolute atomic E-state index is 0.194. The maximum absolute atomic E-state index is 10.9. The van der Waals surface area contributed by atoms with Gasteiger partial charge in [-0.25, -0.2) is 4.79 Å². The molecule has 2 rings (SSSR count). The fourth-order valence-corrected chi connectivity index (χ4v) is 1.74. The molecule has 0 saturated heterocycles. The van der Waals surface area contributed by atoms with Gasteiger partial charge in [-0.2, -0.15) is 0 Å². The van der Waals surface area contributed by atoms with Gasteiger partial charge in [-0.15, -0.1) is 0 Å². The number of rotatable bonds is 2. The van der Waals surface area contributed by atoms with Gasteiger partial charge in [0, 0.05) is 25.4 Å². The number of carboxylic acid groups (broad SMARTS) is 1. The molecule has 0 aliphatic carbocycles. The summed E-state index contributed by atoms with van der Waals surface area (Å²) in [6, 6.07) is 6.58. The average molecular weight is 233 g/mol. The van der Waals surface area contributed by atoms with E-state index in [-0.39, 0.29) is 5.69 Å². The summed E-state index contributed by atoms with van der Waals surface area (Å²) in [6.07, 6.45) is 0. The number of esters is 1. The Morgan fingerprint density at radius 3 is 2.59 bits per heavy atom. The topological polar surface area (TPSA) is 68.5 Å². The van der Waals surface area contributed by atoms with Crippen LogP contribution in [0.15, 0.2) is 24.3 Å². The standard InChI is InChI=1S/C12H11NO4/c1-7(14)17-9-4-3-8-5-11(12(15)16)13(2)10(8)6-9/h3-6H,1-2H3,(H,15,16). The van der Waals surface area contributed by atoms with Gasteiger partial charge in [0.1, 0.15) is 11.4 Å². The summed E-state index contributed by atoms with van der Waals surface area (Å²) in [5, 5.41) is 9.77. The minimum Gasteiger partial charge on any atom is -0.477 e. The number of aromatic carboxylic acids is 1. The predicted molar refractivity (Wildman–Crippen MR) is 61.2 cm³/mol. The lowest BCUT2D eigenvalue weighted by atomic mass is 10.2. The van der Waals surface area contributed by atoms with E-state index in [9.17, 15) is 9.59 Å². The SMILES string of the molecule is CC(=O)Oc1ccc2cc(C(=O)O)n(C)c2c1. The molecule has 88 valence electrons. The molecule has 17 heavy (non-hydrogen) atoms. The second-order valence-corrected chi connectivity index (χ2v) is 3.71. The summed E-state index contributed by atoms with van der Waals surface area (Å²) in [4.78, 5) is 21.8. The molecular formula is C12H11NO4. The predicted octanol–water partition coefficient (Wildman–Crippen LogP) is 1.80. The van der Waals surface area contributed by atoms with Gasteiger partial charge in [-0.1, -0.05) is 0 Å². The van der Waals surface area contributed by atoms with E-state index in [4.69, 9.17) is 9.84 Å². The van der Waals surface area contributed by atoms with Crippen LogP contribution in [0.3, 0.4) is 0 Å². The van der Waals surface area contributed by atoms with Gasteiger partial charge in [-0.3, -0.25) is 4.79 Å². The number of benzene rings is 1. The number of ether oxygens (including phenoxy) is 1. The van der Waals surface area contributed by atoms with Crippen LogP contribution in [0.1, 0.15) is 17.4 Å². The number of nitrogens with zero attached hydrogens (tertiary/aromatic N) is 1. The Bertz CT molecular complexity index is 612. The summed E-state index contributed by atoms with van der Waals surface area (Å²) in [7, 11) is 1.66. The Balaban J connectivity index is 2.57. The first-order valence-corrected chi connectivity index (χ1v) is 5.00. The fraction of sp³-hybridized carbons (Fsp3) is 0.167. The van der Waals surface area contributed by atoms with Gasteiger partial charge < -0.3 is 14.4 Å². The number of aromatic nitrogens is 1. The molecule has 2 aromatic rings. The van der Waals surface area contributed by atoms with Crippen LogP contribution in [0, 0.1) is 0 Å². The monoisotopic (exact) mass is 233 g/mol. The van der Waals surface area contributed by atoms with Crippen LogP contribution in [0.2, 0.25) is 0 Å². The molecule has 0 aliphatic heterocycles. The fourth-order valence-electron chi connectivity index (χ4n) is 1.74. The van der Waals surface area contributed by atoms with Crippen molar-refractivity contribution in [2.24, 2.45) is 7.05 Å². The van der Waals surface area contributed by atoms with Crippen LogP contribution >= 0.6 is 0 Å². The van der Waals surface area contributed by atoms with Crippen molar-refractivity contribution in [3.63, 3.8) is 0 Å².